The maximum Gasteiger partial charge on any atom is 0.372 e. The van der Waals surface area contributed by atoms with E-state index < -0.39 is 23.4 Å². The van der Waals surface area contributed by atoms with Gasteiger partial charge in [0.25, 0.3) is 0 Å². The summed E-state index contributed by atoms with van der Waals surface area (Å²) in [4.78, 5) is 11.0. The van der Waals surface area contributed by atoms with E-state index >= 15 is 0 Å². The molecule has 1 aromatic heterocycles. The van der Waals surface area contributed by atoms with Crippen LogP contribution >= 0.6 is 0 Å². The molecular weight excluding hydrogens is 230 g/mol. The summed E-state index contributed by atoms with van der Waals surface area (Å²) in [6, 6.07) is 1.88. The van der Waals surface area contributed by atoms with Gasteiger partial charge in [-0.2, -0.15) is 0 Å². The van der Waals surface area contributed by atoms with E-state index in [2.05, 4.69) is 0 Å². The van der Waals surface area contributed by atoms with Crippen molar-refractivity contribution in [2.24, 2.45) is 0 Å². The van der Waals surface area contributed by atoms with E-state index in [1.165, 1.54) is 0 Å². The Bertz CT molecular complexity index is 599. The van der Waals surface area contributed by atoms with Crippen molar-refractivity contribution in [1.82, 2.24) is 0 Å². The normalized spacial score (nSPS) is 11.4. The van der Waals surface area contributed by atoms with Gasteiger partial charge in [-0.15, -0.1) is 0 Å². The zero-order valence-electron chi connectivity index (χ0n) is 9.25. The molecule has 0 bridgehead atoms. The lowest BCUT2D eigenvalue weighted by Gasteiger charge is -2.03. The first-order chi connectivity index (χ1) is 7.93. The number of benzene rings is 1. The summed E-state index contributed by atoms with van der Waals surface area (Å²) in [5.74, 6) is -3.46. The number of aromatic carboxylic acids is 1. The molecule has 0 aliphatic rings. The molecule has 0 aliphatic heterocycles. The fourth-order valence-electron chi connectivity index (χ4n) is 1.86. The molecule has 3 nitrogen and oxygen atoms in total. The Hall–Kier alpha value is -1.91. The lowest BCUT2D eigenvalue weighted by Crippen LogP contribution is -2.00. The van der Waals surface area contributed by atoms with Crippen LogP contribution in [-0.4, -0.2) is 11.1 Å². The molecule has 0 amide bonds. The molecule has 1 heterocycles. The summed E-state index contributed by atoms with van der Waals surface area (Å²) in [5, 5.41) is 8.87. The van der Waals surface area contributed by atoms with Gasteiger partial charge in [0.2, 0.25) is 5.76 Å². The van der Waals surface area contributed by atoms with Gasteiger partial charge in [-0.05, 0) is 18.1 Å². The highest BCUT2D eigenvalue weighted by molar-refractivity contribution is 5.96. The van der Waals surface area contributed by atoms with Crippen LogP contribution in [0.2, 0.25) is 0 Å². The topological polar surface area (TPSA) is 50.4 Å². The SMILES string of the molecule is CC(C)c1c(C(=O)O)oc2c(F)ccc(F)c12. The van der Waals surface area contributed by atoms with Crippen LogP contribution in [-0.2, 0) is 0 Å². The van der Waals surface area contributed by atoms with Crippen LogP contribution in [0.4, 0.5) is 8.78 Å². The number of carbonyl (C=O) groups is 1. The number of halogens is 2. The van der Waals surface area contributed by atoms with Crippen molar-refractivity contribution < 1.29 is 23.1 Å². The van der Waals surface area contributed by atoms with Crippen molar-refractivity contribution in [1.29, 1.82) is 0 Å². The molecular formula is C12H10F2O3. The summed E-state index contributed by atoms with van der Waals surface area (Å²) in [6.45, 7) is 3.39. The van der Waals surface area contributed by atoms with Crippen LogP contribution in [0.3, 0.4) is 0 Å². The van der Waals surface area contributed by atoms with Crippen LogP contribution in [0.1, 0.15) is 35.9 Å². The minimum atomic E-state index is -1.33. The van der Waals surface area contributed by atoms with Gasteiger partial charge in [-0.3, -0.25) is 0 Å². The molecule has 1 aromatic carbocycles. The smallest absolute Gasteiger partial charge is 0.372 e. The molecule has 0 fully saturated rings. The second-order valence-electron chi connectivity index (χ2n) is 4.04. The zero-order chi connectivity index (χ0) is 12.7. The van der Waals surface area contributed by atoms with E-state index in [0.717, 1.165) is 12.1 Å². The zero-order valence-corrected chi connectivity index (χ0v) is 9.25. The molecule has 5 heteroatoms. The van der Waals surface area contributed by atoms with Crippen molar-refractivity contribution in [2.75, 3.05) is 0 Å². The molecule has 0 saturated heterocycles. The molecule has 0 saturated carbocycles. The minimum Gasteiger partial charge on any atom is -0.475 e. The lowest BCUT2D eigenvalue weighted by atomic mass is 9.99. The Kier molecular flexibility index (Phi) is 2.61. The first-order valence-electron chi connectivity index (χ1n) is 5.07. The van der Waals surface area contributed by atoms with E-state index in [9.17, 15) is 13.6 Å². The van der Waals surface area contributed by atoms with Crippen molar-refractivity contribution in [3.05, 3.63) is 35.1 Å². The van der Waals surface area contributed by atoms with Crippen LogP contribution in [0.15, 0.2) is 16.5 Å². The highest BCUT2D eigenvalue weighted by Crippen LogP contribution is 2.34. The van der Waals surface area contributed by atoms with Gasteiger partial charge in [-0.1, -0.05) is 13.8 Å². The number of rotatable bonds is 2. The van der Waals surface area contributed by atoms with E-state index in [4.69, 9.17) is 9.52 Å². The Morgan fingerprint density at radius 3 is 2.41 bits per heavy atom. The molecule has 0 aliphatic carbocycles. The van der Waals surface area contributed by atoms with Gasteiger partial charge in [0.15, 0.2) is 11.4 Å². The quantitative estimate of drug-likeness (QED) is 0.873. The number of furan rings is 1. The third-order valence-electron chi connectivity index (χ3n) is 2.55. The Balaban J connectivity index is 2.95. The van der Waals surface area contributed by atoms with Gasteiger partial charge >= 0.3 is 5.97 Å². The van der Waals surface area contributed by atoms with Gasteiger partial charge in [0.05, 0.1) is 5.39 Å². The largest absolute Gasteiger partial charge is 0.475 e. The average molecular weight is 240 g/mol. The second-order valence-corrected chi connectivity index (χ2v) is 4.04. The van der Waals surface area contributed by atoms with Crippen LogP contribution in [0.5, 0.6) is 0 Å². The Labute approximate surface area is 95.7 Å². The van der Waals surface area contributed by atoms with E-state index in [1.54, 1.807) is 13.8 Å². The van der Waals surface area contributed by atoms with Crippen LogP contribution < -0.4 is 0 Å². The maximum absolute atomic E-state index is 13.6. The van der Waals surface area contributed by atoms with Crippen molar-refractivity contribution in [2.45, 2.75) is 19.8 Å². The lowest BCUT2D eigenvalue weighted by molar-refractivity contribution is 0.0662. The Morgan fingerprint density at radius 1 is 1.29 bits per heavy atom. The fraction of sp³-hybridized carbons (Fsp3) is 0.250. The van der Waals surface area contributed by atoms with E-state index in [1.807, 2.05) is 0 Å². The van der Waals surface area contributed by atoms with Crippen LogP contribution in [0, 0.1) is 11.6 Å². The van der Waals surface area contributed by atoms with E-state index in [0.29, 0.717) is 0 Å². The summed E-state index contributed by atoms with van der Waals surface area (Å²) in [6.07, 6.45) is 0. The molecule has 0 atom stereocenters. The highest BCUT2D eigenvalue weighted by atomic mass is 19.1. The van der Waals surface area contributed by atoms with Gasteiger partial charge in [-0.25, -0.2) is 13.6 Å². The van der Waals surface area contributed by atoms with Crippen molar-refractivity contribution in [3.8, 4) is 0 Å². The average Bonchev–Trinajstić information content (AvgIpc) is 2.64. The van der Waals surface area contributed by atoms with E-state index in [-0.39, 0.29) is 22.5 Å². The van der Waals surface area contributed by atoms with Gasteiger partial charge < -0.3 is 9.52 Å². The molecule has 0 radical (unpaired) electrons. The second kappa shape index (κ2) is 3.84. The maximum atomic E-state index is 13.6. The molecule has 0 unspecified atom stereocenters. The third-order valence-corrected chi connectivity index (χ3v) is 2.55. The summed E-state index contributed by atoms with van der Waals surface area (Å²) >= 11 is 0. The molecule has 1 N–H and O–H groups in total. The number of hydrogen-bond acceptors (Lipinski definition) is 2. The predicted molar refractivity (Wildman–Crippen MR) is 57.2 cm³/mol. The summed E-state index contributed by atoms with van der Waals surface area (Å²) in [7, 11) is 0. The Morgan fingerprint density at radius 2 is 1.88 bits per heavy atom. The monoisotopic (exact) mass is 240 g/mol. The van der Waals surface area contributed by atoms with Crippen molar-refractivity contribution >= 4 is 16.9 Å². The first-order valence-corrected chi connectivity index (χ1v) is 5.07. The number of carboxylic acids is 1. The predicted octanol–water partition coefficient (Wildman–Crippen LogP) is 3.53. The first kappa shape index (κ1) is 11.6. The van der Waals surface area contributed by atoms with Gasteiger partial charge in [0.1, 0.15) is 5.82 Å². The molecule has 90 valence electrons. The number of hydrogen-bond donors (Lipinski definition) is 1. The molecule has 2 aromatic rings. The number of fused-ring (bicyclic) bond motifs is 1. The summed E-state index contributed by atoms with van der Waals surface area (Å²) in [5.41, 5.74) is -0.157. The third kappa shape index (κ3) is 1.67. The molecule has 17 heavy (non-hydrogen) atoms. The fourth-order valence-corrected chi connectivity index (χ4v) is 1.86. The van der Waals surface area contributed by atoms with Crippen molar-refractivity contribution in [3.63, 3.8) is 0 Å². The molecule has 0 spiro atoms. The molecule has 2 rings (SSSR count). The standard InChI is InChI=1S/C12H10F2O3/c1-5(2)8-9-6(13)3-4-7(14)10(9)17-11(8)12(15)16/h3-5H,1-2H3,(H,15,16). The van der Waals surface area contributed by atoms with Crippen LogP contribution in [0.25, 0.3) is 11.0 Å². The van der Waals surface area contributed by atoms with Gasteiger partial charge in [0, 0.05) is 5.56 Å². The highest BCUT2D eigenvalue weighted by Gasteiger charge is 2.26. The summed E-state index contributed by atoms with van der Waals surface area (Å²) < 4.78 is 32.0. The minimum absolute atomic E-state index is 0.0857. The number of carboxylic acid groups (broad SMARTS) is 1.